The van der Waals surface area contributed by atoms with Crippen molar-refractivity contribution in [2.45, 2.75) is 17.9 Å². The molecule has 0 bridgehead atoms. The van der Waals surface area contributed by atoms with Crippen molar-refractivity contribution in [3.8, 4) is 11.5 Å². The van der Waals surface area contributed by atoms with E-state index in [0.717, 1.165) is 30.0 Å². The van der Waals surface area contributed by atoms with Crippen LogP contribution >= 0.6 is 0 Å². The molecule has 0 saturated heterocycles. The van der Waals surface area contributed by atoms with Gasteiger partial charge in [-0.2, -0.15) is 0 Å². The molecular weight excluding hydrogens is 376 g/mol. The standard InChI is InChI=1S/C17H16N2O7S/c1-10(11-3-4-15-16(7-11)26-9-25-15)18-17(20)12-5-13(19(21)22)8-14(6-12)27(2,23)24/h3-8,10H,9H2,1-2H3,(H,18,20). The first-order valence-electron chi connectivity index (χ1n) is 7.85. The topological polar surface area (TPSA) is 125 Å². The molecule has 1 heterocycles. The predicted octanol–water partition coefficient (Wildman–Crippen LogP) is 2.22. The second-order valence-electron chi connectivity index (χ2n) is 6.05. The molecule has 0 aromatic heterocycles. The van der Waals surface area contributed by atoms with Gasteiger partial charge in [0.25, 0.3) is 11.6 Å². The number of rotatable bonds is 5. The quantitative estimate of drug-likeness (QED) is 0.611. The number of amides is 1. The minimum Gasteiger partial charge on any atom is -0.454 e. The largest absolute Gasteiger partial charge is 0.454 e. The molecule has 142 valence electrons. The van der Waals surface area contributed by atoms with Crippen molar-refractivity contribution < 1.29 is 27.6 Å². The third-order valence-corrected chi connectivity index (χ3v) is 5.13. The Morgan fingerprint density at radius 1 is 1.19 bits per heavy atom. The second kappa shape index (κ2) is 6.88. The van der Waals surface area contributed by atoms with Crippen LogP contribution in [0.4, 0.5) is 5.69 Å². The Bertz CT molecular complexity index is 1030. The molecule has 1 unspecified atom stereocenters. The lowest BCUT2D eigenvalue weighted by molar-refractivity contribution is -0.385. The third kappa shape index (κ3) is 4.00. The van der Waals surface area contributed by atoms with Gasteiger partial charge < -0.3 is 14.8 Å². The summed E-state index contributed by atoms with van der Waals surface area (Å²) in [6.45, 7) is 1.85. The molecule has 1 atom stereocenters. The molecule has 10 heteroatoms. The maximum Gasteiger partial charge on any atom is 0.271 e. The molecule has 2 aromatic carbocycles. The van der Waals surface area contributed by atoms with Gasteiger partial charge in [0.2, 0.25) is 6.79 Å². The monoisotopic (exact) mass is 392 g/mol. The fourth-order valence-corrected chi connectivity index (χ4v) is 3.26. The van der Waals surface area contributed by atoms with Crippen molar-refractivity contribution in [1.82, 2.24) is 5.32 Å². The van der Waals surface area contributed by atoms with Crippen LogP contribution in [-0.4, -0.2) is 32.3 Å². The zero-order valence-electron chi connectivity index (χ0n) is 14.5. The molecule has 0 spiro atoms. The Morgan fingerprint density at radius 2 is 1.89 bits per heavy atom. The predicted molar refractivity (Wildman–Crippen MR) is 94.7 cm³/mol. The van der Waals surface area contributed by atoms with E-state index in [1.54, 1.807) is 25.1 Å². The molecule has 9 nitrogen and oxygen atoms in total. The molecule has 0 radical (unpaired) electrons. The van der Waals surface area contributed by atoms with E-state index in [-0.39, 0.29) is 17.3 Å². The van der Waals surface area contributed by atoms with Crippen LogP contribution in [0.15, 0.2) is 41.3 Å². The number of hydrogen-bond donors (Lipinski definition) is 1. The molecule has 0 saturated carbocycles. The number of sulfone groups is 1. The lowest BCUT2D eigenvalue weighted by Crippen LogP contribution is -2.27. The Hall–Kier alpha value is -3.14. The fourth-order valence-electron chi connectivity index (χ4n) is 2.58. The van der Waals surface area contributed by atoms with Gasteiger partial charge in [-0.3, -0.25) is 14.9 Å². The number of nitro benzene ring substituents is 1. The first-order chi connectivity index (χ1) is 12.6. The SMILES string of the molecule is CC(NC(=O)c1cc([N+](=O)[O-])cc(S(C)(=O)=O)c1)c1ccc2c(c1)OCO2. The smallest absolute Gasteiger partial charge is 0.271 e. The van der Waals surface area contributed by atoms with E-state index >= 15 is 0 Å². The van der Waals surface area contributed by atoms with Crippen LogP contribution in [0.2, 0.25) is 0 Å². The van der Waals surface area contributed by atoms with Crippen molar-refractivity contribution in [3.63, 3.8) is 0 Å². The Morgan fingerprint density at radius 3 is 2.56 bits per heavy atom. The molecule has 0 aliphatic carbocycles. The molecule has 1 aliphatic rings. The molecule has 1 N–H and O–H groups in total. The lowest BCUT2D eigenvalue weighted by atomic mass is 10.1. The Kier molecular flexibility index (Phi) is 4.75. The number of nitrogens with zero attached hydrogens (tertiary/aromatic N) is 1. The number of non-ortho nitro benzene ring substituents is 1. The second-order valence-corrected chi connectivity index (χ2v) is 8.07. The van der Waals surface area contributed by atoms with Gasteiger partial charge in [-0.05, 0) is 30.7 Å². The number of nitrogens with one attached hydrogen (secondary N) is 1. The highest BCUT2D eigenvalue weighted by Gasteiger charge is 2.21. The lowest BCUT2D eigenvalue weighted by Gasteiger charge is -2.15. The van der Waals surface area contributed by atoms with Gasteiger partial charge in [0.1, 0.15) is 0 Å². The van der Waals surface area contributed by atoms with Gasteiger partial charge in [-0.15, -0.1) is 0 Å². The van der Waals surface area contributed by atoms with E-state index < -0.39 is 32.4 Å². The molecule has 2 aromatic rings. The number of benzene rings is 2. The summed E-state index contributed by atoms with van der Waals surface area (Å²) in [7, 11) is -3.72. The van der Waals surface area contributed by atoms with Gasteiger partial charge in [-0.25, -0.2) is 8.42 Å². The fraction of sp³-hybridized carbons (Fsp3) is 0.235. The van der Waals surface area contributed by atoms with Gasteiger partial charge >= 0.3 is 0 Å². The van der Waals surface area contributed by atoms with E-state index in [1.807, 2.05) is 0 Å². The summed E-state index contributed by atoms with van der Waals surface area (Å²) < 4.78 is 34.0. The van der Waals surface area contributed by atoms with Crippen molar-refractivity contribution in [1.29, 1.82) is 0 Å². The molecule has 1 amide bonds. The molecule has 27 heavy (non-hydrogen) atoms. The average molecular weight is 392 g/mol. The summed E-state index contributed by atoms with van der Waals surface area (Å²) in [5, 5.41) is 13.8. The molecular formula is C17H16N2O7S. The highest BCUT2D eigenvalue weighted by molar-refractivity contribution is 7.90. The summed E-state index contributed by atoms with van der Waals surface area (Å²) >= 11 is 0. The Labute approximate surface area is 155 Å². The van der Waals surface area contributed by atoms with E-state index in [9.17, 15) is 23.3 Å². The number of ether oxygens (including phenoxy) is 2. The number of fused-ring (bicyclic) bond motifs is 1. The third-order valence-electron chi connectivity index (χ3n) is 4.04. The van der Waals surface area contributed by atoms with E-state index in [0.29, 0.717) is 11.5 Å². The maximum absolute atomic E-state index is 12.5. The summed E-state index contributed by atoms with van der Waals surface area (Å²) in [5.41, 5.74) is 0.150. The van der Waals surface area contributed by atoms with Crippen molar-refractivity contribution in [2.75, 3.05) is 13.0 Å². The molecule has 1 aliphatic heterocycles. The van der Waals surface area contributed by atoms with Crippen LogP contribution < -0.4 is 14.8 Å². The van der Waals surface area contributed by atoms with Crippen LogP contribution in [0.25, 0.3) is 0 Å². The van der Waals surface area contributed by atoms with E-state index in [2.05, 4.69) is 5.32 Å². The van der Waals surface area contributed by atoms with Crippen LogP contribution in [0.5, 0.6) is 11.5 Å². The summed E-state index contributed by atoms with van der Waals surface area (Å²) in [5.74, 6) is 0.533. The van der Waals surface area contributed by atoms with Crippen molar-refractivity contribution in [2.24, 2.45) is 0 Å². The zero-order chi connectivity index (χ0) is 19.8. The van der Waals surface area contributed by atoms with Gasteiger partial charge in [0.15, 0.2) is 21.3 Å². The Balaban J connectivity index is 1.87. The summed E-state index contributed by atoms with van der Waals surface area (Å²) in [6.07, 6.45) is 0.920. The van der Waals surface area contributed by atoms with Crippen LogP contribution in [0.1, 0.15) is 28.9 Å². The van der Waals surface area contributed by atoms with Crippen LogP contribution in [0, 0.1) is 10.1 Å². The molecule has 3 rings (SSSR count). The normalized spacial score (nSPS) is 13.9. The first-order valence-corrected chi connectivity index (χ1v) is 9.74. The van der Waals surface area contributed by atoms with Crippen LogP contribution in [-0.2, 0) is 9.84 Å². The first kappa shape index (κ1) is 18.6. The van der Waals surface area contributed by atoms with Gasteiger partial charge in [0.05, 0.1) is 15.9 Å². The van der Waals surface area contributed by atoms with Crippen molar-refractivity contribution >= 4 is 21.4 Å². The summed E-state index contributed by atoms with van der Waals surface area (Å²) in [4.78, 5) is 22.6. The maximum atomic E-state index is 12.5. The number of carbonyl (C=O) groups excluding carboxylic acids is 1. The van der Waals surface area contributed by atoms with E-state index in [1.165, 1.54) is 0 Å². The van der Waals surface area contributed by atoms with Crippen molar-refractivity contribution in [3.05, 3.63) is 57.6 Å². The number of carbonyl (C=O) groups is 1. The van der Waals surface area contributed by atoms with E-state index in [4.69, 9.17) is 9.47 Å². The number of nitro groups is 1. The minimum absolute atomic E-state index is 0.114. The average Bonchev–Trinajstić information content (AvgIpc) is 3.08. The van der Waals surface area contributed by atoms with Gasteiger partial charge in [0, 0.05) is 24.0 Å². The van der Waals surface area contributed by atoms with Gasteiger partial charge in [-0.1, -0.05) is 6.07 Å². The minimum atomic E-state index is -3.72. The van der Waals surface area contributed by atoms with Crippen LogP contribution in [0.3, 0.4) is 0 Å². The number of hydrogen-bond acceptors (Lipinski definition) is 7. The molecule has 0 fully saturated rings. The highest BCUT2D eigenvalue weighted by atomic mass is 32.2. The summed E-state index contributed by atoms with van der Waals surface area (Å²) in [6, 6.07) is 7.83. The zero-order valence-corrected chi connectivity index (χ0v) is 15.3. The highest BCUT2D eigenvalue weighted by Crippen LogP contribution is 2.34.